The second-order valence-electron chi connectivity index (χ2n) is 3.38. The predicted octanol–water partition coefficient (Wildman–Crippen LogP) is 2.47. The summed E-state index contributed by atoms with van der Waals surface area (Å²) in [6.45, 7) is 0. The van der Waals surface area contributed by atoms with Crippen molar-refractivity contribution >= 4 is 18.4 Å². The van der Waals surface area contributed by atoms with E-state index >= 15 is 0 Å². The van der Waals surface area contributed by atoms with Crippen LogP contribution in [0.4, 0.5) is 0 Å². The van der Waals surface area contributed by atoms with Gasteiger partial charge in [-0.15, -0.1) is 12.4 Å². The SMILES string of the molecule is Cl.O=C(O)c1cccc(C2CCC2)n1. The molecule has 1 aliphatic rings. The van der Waals surface area contributed by atoms with E-state index in [1.54, 1.807) is 6.07 Å². The maximum absolute atomic E-state index is 10.6. The fraction of sp³-hybridized carbons (Fsp3) is 0.400. The lowest BCUT2D eigenvalue weighted by atomic mass is 9.82. The summed E-state index contributed by atoms with van der Waals surface area (Å²) in [6, 6.07) is 5.21. The van der Waals surface area contributed by atoms with Gasteiger partial charge in [-0.2, -0.15) is 0 Å². The Morgan fingerprint density at radius 3 is 2.64 bits per heavy atom. The first-order valence-electron chi connectivity index (χ1n) is 4.47. The summed E-state index contributed by atoms with van der Waals surface area (Å²) in [5.74, 6) is -0.444. The Bertz CT molecular complexity index is 337. The van der Waals surface area contributed by atoms with Gasteiger partial charge in [0, 0.05) is 11.6 Å². The van der Waals surface area contributed by atoms with Crippen LogP contribution in [-0.2, 0) is 0 Å². The molecule has 3 nitrogen and oxygen atoms in total. The predicted molar refractivity (Wildman–Crippen MR) is 55.0 cm³/mol. The third-order valence-electron chi connectivity index (χ3n) is 2.51. The van der Waals surface area contributed by atoms with Gasteiger partial charge in [-0.25, -0.2) is 9.78 Å². The van der Waals surface area contributed by atoms with Crippen molar-refractivity contribution in [3.05, 3.63) is 29.6 Å². The number of pyridine rings is 1. The number of carboxylic acid groups (broad SMARTS) is 1. The Morgan fingerprint density at radius 1 is 1.43 bits per heavy atom. The molecule has 0 radical (unpaired) electrons. The Labute approximate surface area is 88.6 Å². The molecule has 0 bridgehead atoms. The van der Waals surface area contributed by atoms with Gasteiger partial charge in [0.05, 0.1) is 0 Å². The number of carbonyl (C=O) groups is 1. The maximum Gasteiger partial charge on any atom is 0.354 e. The summed E-state index contributed by atoms with van der Waals surface area (Å²) in [7, 11) is 0. The van der Waals surface area contributed by atoms with E-state index in [9.17, 15) is 4.79 Å². The van der Waals surface area contributed by atoms with Gasteiger partial charge < -0.3 is 5.11 Å². The molecule has 14 heavy (non-hydrogen) atoms. The third-order valence-corrected chi connectivity index (χ3v) is 2.51. The van der Waals surface area contributed by atoms with Gasteiger partial charge in [-0.1, -0.05) is 12.5 Å². The molecule has 76 valence electrons. The van der Waals surface area contributed by atoms with Crippen molar-refractivity contribution in [3.8, 4) is 0 Å². The Hall–Kier alpha value is -1.09. The lowest BCUT2D eigenvalue weighted by Crippen LogP contribution is -2.12. The summed E-state index contributed by atoms with van der Waals surface area (Å²) in [4.78, 5) is 14.7. The topological polar surface area (TPSA) is 50.2 Å². The van der Waals surface area contributed by atoms with Crippen LogP contribution in [0.3, 0.4) is 0 Å². The Kier molecular flexibility index (Phi) is 3.47. The smallest absolute Gasteiger partial charge is 0.354 e. The molecule has 0 saturated heterocycles. The highest BCUT2D eigenvalue weighted by Gasteiger charge is 2.21. The fourth-order valence-corrected chi connectivity index (χ4v) is 1.50. The fourth-order valence-electron chi connectivity index (χ4n) is 1.50. The molecule has 1 aromatic heterocycles. The van der Waals surface area contributed by atoms with Crippen LogP contribution in [0.1, 0.15) is 41.4 Å². The minimum Gasteiger partial charge on any atom is -0.477 e. The molecule has 4 heteroatoms. The van der Waals surface area contributed by atoms with Gasteiger partial charge in [0.25, 0.3) is 0 Å². The quantitative estimate of drug-likeness (QED) is 0.821. The Morgan fingerprint density at radius 2 is 2.14 bits per heavy atom. The molecule has 0 amide bonds. The molecule has 0 aromatic carbocycles. The molecule has 0 aliphatic heterocycles. The highest BCUT2D eigenvalue weighted by Crippen LogP contribution is 2.35. The molecule has 1 aliphatic carbocycles. The normalized spacial score (nSPS) is 15.4. The molecule has 2 rings (SSSR count). The monoisotopic (exact) mass is 213 g/mol. The number of hydrogen-bond donors (Lipinski definition) is 1. The van der Waals surface area contributed by atoms with Crippen LogP contribution in [0.5, 0.6) is 0 Å². The second kappa shape index (κ2) is 4.42. The number of hydrogen-bond acceptors (Lipinski definition) is 2. The number of aromatic carboxylic acids is 1. The number of halogens is 1. The molecule has 1 N–H and O–H groups in total. The van der Waals surface area contributed by atoms with E-state index in [0.717, 1.165) is 18.5 Å². The molecule has 1 saturated carbocycles. The van der Waals surface area contributed by atoms with Crippen LogP contribution in [0.25, 0.3) is 0 Å². The van der Waals surface area contributed by atoms with Gasteiger partial charge >= 0.3 is 5.97 Å². The highest BCUT2D eigenvalue weighted by atomic mass is 35.5. The third kappa shape index (κ3) is 2.04. The summed E-state index contributed by atoms with van der Waals surface area (Å²) in [6.07, 6.45) is 3.54. The van der Waals surface area contributed by atoms with E-state index in [0.29, 0.717) is 5.92 Å². The van der Waals surface area contributed by atoms with E-state index in [1.807, 2.05) is 6.07 Å². The first-order chi connectivity index (χ1) is 6.27. The van der Waals surface area contributed by atoms with Gasteiger partial charge in [-0.3, -0.25) is 0 Å². The molecular weight excluding hydrogens is 202 g/mol. The molecule has 1 fully saturated rings. The molecule has 1 aromatic rings. The van der Waals surface area contributed by atoms with Gasteiger partial charge in [0.15, 0.2) is 0 Å². The van der Waals surface area contributed by atoms with Crippen molar-refractivity contribution in [2.45, 2.75) is 25.2 Å². The van der Waals surface area contributed by atoms with Crippen LogP contribution in [0.2, 0.25) is 0 Å². The minimum atomic E-state index is -0.943. The van der Waals surface area contributed by atoms with Gasteiger partial charge in [-0.05, 0) is 25.0 Å². The molecular formula is C10H12ClNO2. The Balaban J connectivity index is 0.000000980. The zero-order valence-electron chi connectivity index (χ0n) is 7.64. The molecule has 0 spiro atoms. The lowest BCUT2D eigenvalue weighted by Gasteiger charge is -2.24. The average Bonchev–Trinajstić information content (AvgIpc) is 2.01. The van der Waals surface area contributed by atoms with Gasteiger partial charge in [0.1, 0.15) is 5.69 Å². The zero-order chi connectivity index (χ0) is 9.26. The number of nitrogens with zero attached hydrogens (tertiary/aromatic N) is 1. The molecule has 0 atom stereocenters. The van der Waals surface area contributed by atoms with E-state index in [1.165, 1.54) is 12.5 Å². The number of carboxylic acids is 1. The van der Waals surface area contributed by atoms with Crippen molar-refractivity contribution in [2.24, 2.45) is 0 Å². The number of rotatable bonds is 2. The van der Waals surface area contributed by atoms with E-state index in [2.05, 4.69) is 4.98 Å². The second-order valence-corrected chi connectivity index (χ2v) is 3.38. The van der Waals surface area contributed by atoms with Crippen molar-refractivity contribution in [1.29, 1.82) is 0 Å². The highest BCUT2D eigenvalue weighted by molar-refractivity contribution is 5.85. The van der Waals surface area contributed by atoms with E-state index in [-0.39, 0.29) is 18.1 Å². The van der Waals surface area contributed by atoms with Gasteiger partial charge in [0.2, 0.25) is 0 Å². The summed E-state index contributed by atoms with van der Waals surface area (Å²) in [5.41, 5.74) is 1.09. The van der Waals surface area contributed by atoms with Crippen LogP contribution in [0, 0.1) is 0 Å². The molecule has 1 heterocycles. The average molecular weight is 214 g/mol. The van der Waals surface area contributed by atoms with Crippen molar-refractivity contribution in [2.75, 3.05) is 0 Å². The van der Waals surface area contributed by atoms with E-state index < -0.39 is 5.97 Å². The first kappa shape index (κ1) is 11.0. The van der Waals surface area contributed by atoms with Crippen LogP contribution >= 0.6 is 12.4 Å². The standard InChI is InChI=1S/C10H11NO2.ClH/c12-10(13)9-6-2-5-8(11-9)7-3-1-4-7;/h2,5-7H,1,3-4H2,(H,12,13);1H. The molecule has 0 unspecified atom stereocenters. The minimum absolute atomic E-state index is 0. The van der Waals surface area contributed by atoms with Crippen LogP contribution in [0.15, 0.2) is 18.2 Å². The van der Waals surface area contributed by atoms with Crippen molar-refractivity contribution in [1.82, 2.24) is 4.98 Å². The summed E-state index contributed by atoms with van der Waals surface area (Å²) >= 11 is 0. The van der Waals surface area contributed by atoms with Crippen molar-refractivity contribution in [3.63, 3.8) is 0 Å². The van der Waals surface area contributed by atoms with Crippen LogP contribution < -0.4 is 0 Å². The first-order valence-corrected chi connectivity index (χ1v) is 4.47. The number of aromatic nitrogens is 1. The summed E-state index contributed by atoms with van der Waals surface area (Å²) < 4.78 is 0. The van der Waals surface area contributed by atoms with E-state index in [4.69, 9.17) is 5.11 Å². The largest absolute Gasteiger partial charge is 0.477 e. The zero-order valence-corrected chi connectivity index (χ0v) is 8.46. The van der Waals surface area contributed by atoms with Crippen molar-refractivity contribution < 1.29 is 9.90 Å². The maximum atomic E-state index is 10.6. The summed E-state index contributed by atoms with van der Waals surface area (Å²) in [5, 5.41) is 8.72. The lowest BCUT2D eigenvalue weighted by molar-refractivity contribution is 0.0690. The van der Waals surface area contributed by atoms with Crippen LogP contribution in [-0.4, -0.2) is 16.1 Å².